The van der Waals surface area contributed by atoms with Crippen molar-refractivity contribution in [3.05, 3.63) is 164 Å². The third-order valence-electron chi connectivity index (χ3n) is 7.15. The molecule has 6 rings (SSSR count). The Kier molecular flexibility index (Phi) is 7.18. The molecule has 40 heavy (non-hydrogen) atoms. The summed E-state index contributed by atoms with van der Waals surface area (Å²) in [5, 5.41) is 4.21. The standard InChI is InChI=1S/C35H27NO2P2/c37-39(29-14-5-1-6-15-29,30-16-7-2-8-17-30)33-22-13-23-34(35(33)28-24-26-36-27-25-28)40(38,31-18-9-3-10-19-31)32-20-11-4-12-21-32/h1-27H. The molecule has 0 aliphatic heterocycles. The van der Waals surface area contributed by atoms with Gasteiger partial charge in [0.15, 0.2) is 14.3 Å². The van der Waals surface area contributed by atoms with Crippen molar-refractivity contribution in [3.63, 3.8) is 0 Å². The highest BCUT2D eigenvalue weighted by atomic mass is 31.2. The second kappa shape index (κ2) is 11.1. The van der Waals surface area contributed by atoms with Gasteiger partial charge in [0.1, 0.15) is 0 Å². The Morgan fingerprint density at radius 1 is 0.375 bits per heavy atom. The minimum absolute atomic E-state index is 0.653. The molecule has 3 nitrogen and oxygen atoms in total. The zero-order valence-electron chi connectivity index (χ0n) is 21.7. The van der Waals surface area contributed by atoms with Crippen LogP contribution in [0.1, 0.15) is 0 Å². The first-order valence-corrected chi connectivity index (χ1v) is 16.5. The van der Waals surface area contributed by atoms with Gasteiger partial charge < -0.3 is 9.13 Å². The maximum Gasteiger partial charge on any atom is 0.171 e. The van der Waals surface area contributed by atoms with Crippen LogP contribution in [-0.2, 0) is 9.13 Å². The summed E-state index contributed by atoms with van der Waals surface area (Å²) in [6.07, 6.45) is 3.45. The minimum atomic E-state index is -3.40. The first-order chi connectivity index (χ1) is 19.6. The van der Waals surface area contributed by atoms with Gasteiger partial charge in [-0.2, -0.15) is 0 Å². The fourth-order valence-electron chi connectivity index (χ4n) is 5.27. The van der Waals surface area contributed by atoms with Crippen molar-refractivity contribution in [2.24, 2.45) is 0 Å². The van der Waals surface area contributed by atoms with E-state index in [0.29, 0.717) is 10.6 Å². The summed E-state index contributed by atoms with van der Waals surface area (Å²) < 4.78 is 31.3. The van der Waals surface area contributed by atoms with Crippen molar-refractivity contribution < 1.29 is 9.13 Å². The molecule has 0 N–H and O–H groups in total. The highest BCUT2D eigenvalue weighted by Gasteiger charge is 2.38. The second-order valence-corrected chi connectivity index (χ2v) is 14.9. The van der Waals surface area contributed by atoms with Gasteiger partial charge in [-0.3, -0.25) is 4.98 Å². The third kappa shape index (κ3) is 4.48. The van der Waals surface area contributed by atoms with Crippen LogP contribution in [0, 0.1) is 0 Å². The van der Waals surface area contributed by atoms with E-state index < -0.39 is 14.3 Å². The lowest BCUT2D eigenvalue weighted by atomic mass is 10.1. The summed E-state index contributed by atoms with van der Waals surface area (Å²) in [6.45, 7) is 0. The maximum absolute atomic E-state index is 15.7. The highest BCUT2D eigenvalue weighted by Crippen LogP contribution is 2.49. The van der Waals surface area contributed by atoms with Gasteiger partial charge in [-0.25, -0.2) is 0 Å². The van der Waals surface area contributed by atoms with E-state index in [4.69, 9.17) is 0 Å². The van der Waals surface area contributed by atoms with Crippen LogP contribution >= 0.6 is 14.3 Å². The van der Waals surface area contributed by atoms with E-state index in [2.05, 4.69) is 4.98 Å². The van der Waals surface area contributed by atoms with Crippen molar-refractivity contribution in [1.29, 1.82) is 0 Å². The zero-order chi connectivity index (χ0) is 27.4. The molecule has 0 aliphatic rings. The lowest BCUT2D eigenvalue weighted by molar-refractivity contribution is 0.592. The molecule has 194 valence electrons. The molecule has 5 aromatic carbocycles. The molecule has 0 amide bonds. The first kappa shape index (κ1) is 26.0. The fourth-order valence-corrected chi connectivity index (χ4v) is 11.2. The predicted octanol–water partition coefficient (Wildman–Crippen LogP) is 6.03. The third-order valence-corrected chi connectivity index (χ3v) is 13.4. The van der Waals surface area contributed by atoms with Crippen LogP contribution < -0.4 is 31.8 Å². The van der Waals surface area contributed by atoms with Gasteiger partial charge in [0.2, 0.25) is 0 Å². The minimum Gasteiger partial charge on any atom is -0.309 e. The number of hydrogen-bond donors (Lipinski definition) is 0. The van der Waals surface area contributed by atoms with Crippen molar-refractivity contribution >= 4 is 46.1 Å². The number of benzene rings is 5. The van der Waals surface area contributed by atoms with Gasteiger partial charge in [-0.05, 0) is 17.7 Å². The predicted molar refractivity (Wildman–Crippen MR) is 168 cm³/mol. The maximum atomic E-state index is 15.7. The van der Waals surface area contributed by atoms with Crippen molar-refractivity contribution in [2.45, 2.75) is 0 Å². The molecule has 0 saturated carbocycles. The summed E-state index contributed by atoms with van der Waals surface area (Å²) in [5.41, 5.74) is 1.54. The van der Waals surface area contributed by atoms with E-state index in [1.54, 1.807) is 12.4 Å². The largest absolute Gasteiger partial charge is 0.309 e. The second-order valence-electron chi connectivity index (χ2n) is 9.47. The Morgan fingerprint density at radius 3 is 1.02 bits per heavy atom. The summed E-state index contributed by atoms with van der Waals surface area (Å²) in [5.74, 6) is 0. The van der Waals surface area contributed by atoms with E-state index in [1.165, 1.54) is 0 Å². The Balaban J connectivity index is 1.77. The molecular weight excluding hydrogens is 528 g/mol. The van der Waals surface area contributed by atoms with Crippen LogP contribution in [0.3, 0.4) is 0 Å². The SMILES string of the molecule is O=P(c1ccccc1)(c1ccccc1)c1cccc(P(=O)(c2ccccc2)c2ccccc2)c1-c1ccncc1. The summed E-state index contributed by atoms with van der Waals surface area (Å²) in [7, 11) is -6.80. The van der Waals surface area contributed by atoms with Gasteiger partial charge in [-0.1, -0.05) is 140 Å². The van der Waals surface area contributed by atoms with E-state index >= 15 is 9.13 Å². The fraction of sp³-hybridized carbons (Fsp3) is 0. The van der Waals surface area contributed by atoms with Crippen LogP contribution in [0.5, 0.6) is 0 Å². The summed E-state index contributed by atoms with van der Waals surface area (Å²) in [6, 6.07) is 48.0. The molecule has 0 saturated heterocycles. The molecule has 0 fully saturated rings. The normalized spacial score (nSPS) is 11.7. The van der Waals surface area contributed by atoms with E-state index in [-0.39, 0.29) is 0 Å². The molecular formula is C35H27NO2P2. The Hall–Kier alpha value is -4.29. The number of pyridine rings is 1. The first-order valence-electron chi connectivity index (χ1n) is 13.1. The van der Waals surface area contributed by atoms with Crippen LogP contribution in [0.15, 0.2) is 164 Å². The average Bonchev–Trinajstić information content (AvgIpc) is 3.05. The molecule has 5 heteroatoms. The Morgan fingerprint density at radius 2 is 0.700 bits per heavy atom. The molecule has 0 atom stereocenters. The molecule has 0 unspecified atom stereocenters. The monoisotopic (exact) mass is 555 g/mol. The van der Waals surface area contributed by atoms with Crippen LogP contribution in [0.25, 0.3) is 11.1 Å². The number of hydrogen-bond acceptors (Lipinski definition) is 3. The van der Waals surface area contributed by atoms with Gasteiger partial charge >= 0.3 is 0 Å². The smallest absolute Gasteiger partial charge is 0.171 e. The van der Waals surface area contributed by atoms with Crippen LogP contribution in [0.4, 0.5) is 0 Å². The van der Waals surface area contributed by atoms with Gasteiger partial charge in [0.05, 0.1) is 0 Å². The number of rotatable bonds is 7. The quantitative estimate of drug-likeness (QED) is 0.226. The Bertz CT molecular complexity index is 1620. The van der Waals surface area contributed by atoms with E-state index in [0.717, 1.165) is 32.3 Å². The van der Waals surface area contributed by atoms with Crippen molar-refractivity contribution in [1.82, 2.24) is 4.98 Å². The van der Waals surface area contributed by atoms with Gasteiger partial charge in [0.25, 0.3) is 0 Å². The lowest BCUT2D eigenvalue weighted by Gasteiger charge is -2.28. The van der Waals surface area contributed by atoms with Crippen LogP contribution in [-0.4, -0.2) is 4.98 Å². The average molecular weight is 556 g/mol. The molecule has 0 aliphatic carbocycles. The molecule has 6 aromatic rings. The van der Waals surface area contributed by atoms with Gasteiger partial charge in [0, 0.05) is 49.8 Å². The summed E-state index contributed by atoms with van der Waals surface area (Å²) >= 11 is 0. The molecule has 0 bridgehead atoms. The molecule has 1 aromatic heterocycles. The number of aromatic nitrogens is 1. The van der Waals surface area contributed by atoms with Crippen LogP contribution in [0.2, 0.25) is 0 Å². The molecule has 0 radical (unpaired) electrons. The Labute approximate surface area is 235 Å². The van der Waals surface area contributed by atoms with E-state index in [9.17, 15) is 0 Å². The topological polar surface area (TPSA) is 47.0 Å². The van der Waals surface area contributed by atoms with Gasteiger partial charge in [-0.15, -0.1) is 0 Å². The number of nitrogens with zero attached hydrogens (tertiary/aromatic N) is 1. The van der Waals surface area contributed by atoms with Crippen molar-refractivity contribution in [2.75, 3.05) is 0 Å². The van der Waals surface area contributed by atoms with E-state index in [1.807, 2.05) is 152 Å². The molecule has 1 heterocycles. The lowest BCUT2D eigenvalue weighted by Crippen LogP contribution is -2.33. The zero-order valence-corrected chi connectivity index (χ0v) is 23.5. The molecule has 0 spiro atoms. The van der Waals surface area contributed by atoms with Crippen molar-refractivity contribution in [3.8, 4) is 11.1 Å². The summed E-state index contributed by atoms with van der Waals surface area (Å²) in [4.78, 5) is 4.25. The highest BCUT2D eigenvalue weighted by molar-refractivity contribution is 7.87.